The number of aromatic hydroxyl groups is 5. The highest BCUT2D eigenvalue weighted by molar-refractivity contribution is 7.98. The summed E-state index contributed by atoms with van der Waals surface area (Å²) < 4.78 is 0. The van der Waals surface area contributed by atoms with Crippen LogP contribution in [0.25, 0.3) is 32.3 Å². The molecule has 1 fully saturated rings. The van der Waals surface area contributed by atoms with Crippen LogP contribution in [0.15, 0.2) is 243 Å². The molecule has 0 saturated carbocycles. The van der Waals surface area contributed by atoms with Crippen LogP contribution in [-0.2, 0) is 87.2 Å². The molecule has 96 heavy (non-hydrogen) atoms. The Kier molecular flexibility index (Phi) is 39.0. The summed E-state index contributed by atoms with van der Waals surface area (Å²) in [4.78, 5) is 29.8. The first-order valence-electron chi connectivity index (χ1n) is 31.5. The third-order valence-electron chi connectivity index (χ3n) is 14.3. The molecule has 0 spiro atoms. The quantitative estimate of drug-likeness (QED) is 0.0392. The number of alkyl halides is 1. The Bertz CT molecular complexity index is 3850. The number of Topliss-reactive ketones (excluding diaryl/α,β-unsaturated/α-hetero) is 2. The second kappa shape index (κ2) is 45.2. The fourth-order valence-corrected chi connectivity index (χ4v) is 18.1. The number of benzene rings is 10. The largest absolute Gasteiger partial charge is 0.508 e. The van der Waals surface area contributed by atoms with Gasteiger partial charge in [0, 0.05) is 92.5 Å². The van der Waals surface area contributed by atoms with E-state index in [-0.39, 0.29) is 99.9 Å². The first kappa shape index (κ1) is 82.8. The van der Waals surface area contributed by atoms with Gasteiger partial charge in [-0.25, -0.2) is 0 Å². The van der Waals surface area contributed by atoms with Crippen LogP contribution in [0.3, 0.4) is 0 Å². The summed E-state index contributed by atoms with van der Waals surface area (Å²) in [5.74, 6) is 7.31. The van der Waals surface area contributed by atoms with Crippen molar-refractivity contribution < 1.29 is 35.1 Å². The highest BCUT2D eigenvalue weighted by Gasteiger charge is 2.26. The number of carbonyl (C=O) groups is 2. The molecule has 16 heteroatoms. The monoisotopic (exact) mass is 1470 g/mol. The van der Waals surface area contributed by atoms with Gasteiger partial charge in [-0.3, -0.25) is 9.59 Å². The normalized spacial score (nSPS) is 12.2. The molecule has 5 N–H and O–H groups in total. The maximum atomic E-state index is 11.8. The van der Waals surface area contributed by atoms with Crippen LogP contribution in [0.2, 0.25) is 0 Å². The van der Waals surface area contributed by atoms with Gasteiger partial charge >= 0.3 is 0 Å². The Balaban J connectivity index is 0.000000237. The minimum atomic E-state index is 0.0568. The van der Waals surface area contributed by atoms with E-state index in [2.05, 4.69) is 137 Å². The molecule has 10 aromatic rings. The summed E-state index contributed by atoms with van der Waals surface area (Å²) >= 11 is 5.70. The van der Waals surface area contributed by atoms with Gasteiger partial charge in [0.1, 0.15) is 89.8 Å². The molecule has 11 rings (SSSR count). The minimum Gasteiger partial charge on any atom is -0.508 e. The average molecular weight is 1470 g/mol. The van der Waals surface area contributed by atoms with Gasteiger partial charge in [0.2, 0.25) is 11.6 Å². The van der Waals surface area contributed by atoms with E-state index >= 15 is 0 Å². The van der Waals surface area contributed by atoms with Crippen molar-refractivity contribution in [3.63, 3.8) is 0 Å². The molecule has 10 aromatic carbocycles. The van der Waals surface area contributed by atoms with Crippen LogP contribution in [0, 0.1) is 0 Å². The summed E-state index contributed by atoms with van der Waals surface area (Å²) in [7, 11) is 2.32. The smallest absolute Gasteiger partial charge is 0.211 e. The molecule has 1 aliphatic rings. The molecule has 0 amide bonds. The highest BCUT2D eigenvalue weighted by atomic mass is 35.5. The van der Waals surface area contributed by atoms with Crippen molar-refractivity contribution in [3.05, 3.63) is 230 Å². The SMILES string of the molecule is CCCC[S+](C)CC(=O)c1ccccc1.C[S+](C)C.C[S+](C)CC(=O)c1ccccc1.C[S+](C)c1ccc(O)c2ccc(O)cc12.C[S+](C)c1ccc(O)c2cccc(O)c12.C[S+](C)c1ccc(O)c2ccccc12.C[S+](CCl)c1ccccc1.c1ccc([S+]2CCCC2)cc1. The standard InChI is InChI=1S/C13H19OS.2C12H12O2S.C12H12OS.C10H13OS.C10H13S.C8H10ClS.C3H9S/c1-3-4-10-15(2)11-13(14)12-8-6-5-7-9-12;1-15(2)12-6-5-11(14)9-4-3-8(13)7-10(9)12;1-15(2)11-7-6-9(13)8-4-3-5-10(14)12(8)11;1-14(2)12-8-7-11(13)9-5-3-4-6-10(9)12;1-12(2)8-10(11)9-6-4-3-5-7-9;1-2-6-10(7-3-1)11-8-4-5-9-11;1-10(7-9)8-5-3-2-4-6-8;1-4(2)3/h5-9H,3-4,10-11H2,1-2H3;2*3-7H,1-2H3,(H-,13,14);3-8H,1-2H3;3-7H,8H2,1-2H3;1-3,6-7H,4-5,8-9H2;2-6H,7H2,1H3;1-3H3/q+1;;;;4*+1/p+3. The first-order chi connectivity index (χ1) is 45.9. The van der Waals surface area contributed by atoms with Crippen LogP contribution in [-0.4, -0.2) is 152 Å². The number of rotatable bonds is 15. The number of phenols is 5. The van der Waals surface area contributed by atoms with E-state index in [4.69, 9.17) is 11.6 Å². The molecule has 1 heterocycles. The number of halogens is 1. The summed E-state index contributed by atoms with van der Waals surface area (Å²) in [6, 6.07) is 69.6. The second-order valence-corrected chi connectivity index (χ2v) is 41.6. The molecule has 1 aliphatic heterocycles. The number of fused-ring (bicyclic) bond motifs is 3. The summed E-state index contributed by atoms with van der Waals surface area (Å²) in [6.07, 6.45) is 33.3. The van der Waals surface area contributed by atoms with Crippen LogP contribution >= 0.6 is 11.6 Å². The molecule has 0 aromatic heterocycles. The fraction of sp³-hybridized carbons (Fsp3) is 0.300. The lowest BCUT2D eigenvalue weighted by molar-refractivity contribution is 0.101. The lowest BCUT2D eigenvalue weighted by atomic mass is 10.1. The van der Waals surface area contributed by atoms with Gasteiger partial charge < -0.3 is 25.5 Å². The number of unbranched alkanes of at least 4 members (excludes halogenated alkanes) is 1. The number of ketones is 2. The predicted molar refractivity (Wildman–Crippen MR) is 441 cm³/mol. The van der Waals surface area contributed by atoms with Gasteiger partial charge in [0.15, 0.2) is 41.2 Å². The summed E-state index contributed by atoms with van der Waals surface area (Å²) in [5, 5.41) is 54.4. The lowest BCUT2D eigenvalue weighted by Gasteiger charge is -2.06. The number of phenolic OH excluding ortho intramolecular Hbond substituents is 5. The number of hydrogen-bond donors (Lipinski definition) is 5. The molecule has 0 aliphatic carbocycles. The summed E-state index contributed by atoms with van der Waals surface area (Å²) in [6.45, 7) is 2.19. The Morgan fingerprint density at radius 1 is 0.427 bits per heavy atom. The average Bonchev–Trinajstić information content (AvgIpc) is 0.892. The van der Waals surface area contributed by atoms with E-state index in [9.17, 15) is 35.1 Å². The van der Waals surface area contributed by atoms with E-state index < -0.39 is 0 Å². The molecule has 2 unspecified atom stereocenters. The molecule has 2 atom stereocenters. The van der Waals surface area contributed by atoms with Crippen molar-refractivity contribution in [1.29, 1.82) is 0 Å². The Morgan fingerprint density at radius 3 is 1.32 bits per heavy atom. The van der Waals surface area contributed by atoms with E-state index in [1.165, 1.54) is 63.0 Å². The van der Waals surface area contributed by atoms with Gasteiger partial charge in [-0.1, -0.05) is 152 Å². The Morgan fingerprint density at radius 2 is 0.844 bits per heavy atom. The zero-order chi connectivity index (χ0) is 70.7. The molecule has 512 valence electrons. The molecule has 0 bridgehead atoms. The minimum absolute atomic E-state index is 0.0568. The summed E-state index contributed by atoms with van der Waals surface area (Å²) in [5.41, 5.74) is 1.69. The molecular formula is C80H103ClO7S8+8. The third kappa shape index (κ3) is 29.1. The van der Waals surface area contributed by atoms with Crippen molar-refractivity contribution >= 4 is 143 Å². The van der Waals surface area contributed by atoms with Crippen molar-refractivity contribution in [3.8, 4) is 28.7 Å². The van der Waals surface area contributed by atoms with Gasteiger partial charge in [0.05, 0.1) is 42.9 Å². The van der Waals surface area contributed by atoms with E-state index in [0.717, 1.165) is 42.8 Å². The Hall–Kier alpha value is -5.59. The lowest BCUT2D eigenvalue weighted by Crippen LogP contribution is -2.18. The molecule has 1 saturated heterocycles. The Labute approximate surface area is 603 Å². The van der Waals surface area contributed by atoms with E-state index in [0.29, 0.717) is 44.4 Å². The van der Waals surface area contributed by atoms with Gasteiger partial charge in [-0.2, -0.15) is 0 Å². The number of carbonyl (C=O) groups excluding carboxylic acids is 2. The second-order valence-electron chi connectivity index (χ2n) is 23.6. The highest BCUT2D eigenvalue weighted by Crippen LogP contribution is 2.37. The van der Waals surface area contributed by atoms with Gasteiger partial charge in [0.25, 0.3) is 0 Å². The van der Waals surface area contributed by atoms with Crippen LogP contribution in [0.4, 0.5) is 0 Å². The zero-order valence-corrected chi connectivity index (χ0v) is 65.8. The van der Waals surface area contributed by atoms with E-state index in [1.807, 2.05) is 121 Å². The van der Waals surface area contributed by atoms with E-state index in [1.54, 1.807) is 53.4 Å². The third-order valence-corrected chi connectivity index (χ3v) is 25.5. The van der Waals surface area contributed by atoms with Crippen molar-refractivity contribution in [1.82, 2.24) is 0 Å². The molecule has 7 nitrogen and oxygen atoms in total. The molecular weight excluding hydrogens is 1360 g/mol. The van der Waals surface area contributed by atoms with Gasteiger partial charge in [-0.15, -0.1) is 0 Å². The van der Waals surface area contributed by atoms with Crippen molar-refractivity contribution in [2.45, 2.75) is 57.1 Å². The maximum Gasteiger partial charge on any atom is 0.211 e. The number of hydrogen-bond acceptors (Lipinski definition) is 7. The van der Waals surface area contributed by atoms with Crippen LogP contribution < -0.4 is 0 Å². The predicted octanol–water partition coefficient (Wildman–Crippen LogP) is 17.9. The van der Waals surface area contributed by atoms with Crippen molar-refractivity contribution in [2.24, 2.45) is 0 Å². The van der Waals surface area contributed by atoms with Crippen LogP contribution in [0.1, 0.15) is 53.3 Å². The maximum absolute atomic E-state index is 11.8. The van der Waals surface area contributed by atoms with Crippen molar-refractivity contribution in [2.75, 3.05) is 115 Å². The van der Waals surface area contributed by atoms with Gasteiger partial charge in [-0.05, 0) is 143 Å². The fourth-order valence-electron chi connectivity index (χ4n) is 9.52. The first-order valence-corrected chi connectivity index (χ1v) is 48.1. The zero-order valence-electron chi connectivity index (χ0n) is 58.6. The molecule has 0 radical (unpaired) electrons. The topological polar surface area (TPSA) is 135 Å². The van der Waals surface area contributed by atoms with Crippen LogP contribution in [0.5, 0.6) is 28.7 Å².